The summed E-state index contributed by atoms with van der Waals surface area (Å²) in [4.78, 5) is 8.25. The monoisotopic (exact) mass is 402 g/mol. The molecule has 1 fully saturated rings. The second-order valence-corrected chi connectivity index (χ2v) is 8.63. The lowest BCUT2D eigenvalue weighted by Gasteiger charge is -2.15. The molecule has 3 aromatic rings. The first kappa shape index (κ1) is 20.2. The van der Waals surface area contributed by atoms with Gasteiger partial charge in [0.1, 0.15) is 0 Å². The minimum atomic E-state index is -3.76. The fourth-order valence-corrected chi connectivity index (χ4v) is 3.87. The summed E-state index contributed by atoms with van der Waals surface area (Å²) in [5.74, 6) is 0.309. The minimum absolute atomic E-state index is 0.0556. The predicted molar refractivity (Wildman–Crippen MR) is 110 cm³/mol. The molecule has 1 aromatic carbocycles. The van der Waals surface area contributed by atoms with Crippen LogP contribution in [0.2, 0.25) is 0 Å². The second kappa shape index (κ2) is 8.26. The molecule has 9 heteroatoms. The van der Waals surface area contributed by atoms with Crippen molar-refractivity contribution >= 4 is 21.5 Å². The number of primary sulfonamides is 1. The molecule has 28 heavy (non-hydrogen) atoms. The van der Waals surface area contributed by atoms with Crippen molar-refractivity contribution < 1.29 is 8.42 Å². The van der Waals surface area contributed by atoms with Gasteiger partial charge in [-0.3, -0.25) is 4.40 Å². The van der Waals surface area contributed by atoms with Gasteiger partial charge in [0.2, 0.25) is 10.0 Å². The van der Waals surface area contributed by atoms with Crippen molar-refractivity contribution in [3.05, 3.63) is 42.4 Å². The Kier molecular flexibility index (Phi) is 5.97. The molecule has 1 aliphatic carbocycles. The van der Waals surface area contributed by atoms with E-state index in [0.29, 0.717) is 17.5 Å². The number of hydrogen-bond donors (Lipinski definition) is 3. The maximum Gasteiger partial charge on any atom is 0.238 e. The summed E-state index contributed by atoms with van der Waals surface area (Å²) in [7, 11) is -3.76. The van der Waals surface area contributed by atoms with E-state index in [1.165, 1.54) is 44.2 Å². The first-order chi connectivity index (χ1) is 13.3. The highest BCUT2D eigenvalue weighted by atomic mass is 32.2. The number of sulfonamides is 1. The second-order valence-electron chi connectivity index (χ2n) is 7.07. The van der Waals surface area contributed by atoms with Crippen LogP contribution in [0.25, 0.3) is 16.9 Å². The van der Waals surface area contributed by atoms with E-state index < -0.39 is 10.0 Å². The standard InChI is InChI=1S/C13H13N5O2S.C6H13N/c1-8-2-3-9(21(15,19)20)6-10(8)11-7-17-13-12(14)16-4-5-18(11)13;7-6-4-2-1-3-5-6/h2-7H,1H3,(H2,14,16)(H2,15,19,20);6H,1-5,7H2. The number of anilines is 1. The average molecular weight is 403 g/mol. The quantitative estimate of drug-likeness (QED) is 0.600. The number of fused-ring (bicyclic) bond motifs is 1. The number of rotatable bonds is 2. The summed E-state index contributed by atoms with van der Waals surface area (Å²) in [6.45, 7) is 1.88. The Balaban J connectivity index is 0.000000271. The molecule has 1 saturated carbocycles. The van der Waals surface area contributed by atoms with Crippen LogP contribution in [0.15, 0.2) is 41.7 Å². The van der Waals surface area contributed by atoms with Gasteiger partial charge in [-0.1, -0.05) is 25.3 Å². The highest BCUT2D eigenvalue weighted by molar-refractivity contribution is 7.89. The number of aryl methyl sites for hydroxylation is 1. The molecular formula is C19H26N6O2S. The summed E-state index contributed by atoms with van der Waals surface area (Å²) < 4.78 is 24.8. The van der Waals surface area contributed by atoms with E-state index in [1.54, 1.807) is 29.1 Å². The Labute approximate surface area is 164 Å². The van der Waals surface area contributed by atoms with Crippen LogP contribution in [0.3, 0.4) is 0 Å². The topological polar surface area (TPSA) is 142 Å². The molecular weight excluding hydrogens is 376 g/mol. The van der Waals surface area contributed by atoms with Crippen molar-refractivity contribution in [2.75, 3.05) is 5.73 Å². The van der Waals surface area contributed by atoms with Gasteiger partial charge >= 0.3 is 0 Å². The van der Waals surface area contributed by atoms with E-state index in [4.69, 9.17) is 16.6 Å². The summed E-state index contributed by atoms with van der Waals surface area (Å²) >= 11 is 0. The van der Waals surface area contributed by atoms with Gasteiger partial charge in [0.05, 0.1) is 16.8 Å². The van der Waals surface area contributed by atoms with E-state index in [2.05, 4.69) is 9.97 Å². The van der Waals surface area contributed by atoms with Crippen molar-refractivity contribution in [3.63, 3.8) is 0 Å². The van der Waals surface area contributed by atoms with E-state index >= 15 is 0 Å². The maximum atomic E-state index is 11.5. The van der Waals surface area contributed by atoms with Gasteiger partial charge in [-0.15, -0.1) is 0 Å². The Bertz CT molecular complexity index is 1070. The smallest absolute Gasteiger partial charge is 0.238 e. The van der Waals surface area contributed by atoms with Gasteiger partial charge in [-0.05, 0) is 37.5 Å². The lowest BCUT2D eigenvalue weighted by Crippen LogP contribution is -2.22. The van der Waals surface area contributed by atoms with Crippen LogP contribution in [0.4, 0.5) is 5.82 Å². The van der Waals surface area contributed by atoms with Crippen LogP contribution < -0.4 is 16.6 Å². The summed E-state index contributed by atoms with van der Waals surface area (Å²) in [5, 5.41) is 5.19. The zero-order chi connectivity index (χ0) is 20.3. The molecule has 0 radical (unpaired) electrons. The molecule has 0 saturated heterocycles. The van der Waals surface area contributed by atoms with E-state index in [-0.39, 0.29) is 4.90 Å². The van der Waals surface area contributed by atoms with Gasteiger partial charge in [0.25, 0.3) is 0 Å². The summed E-state index contributed by atoms with van der Waals surface area (Å²) in [5.41, 5.74) is 14.3. The molecule has 0 aliphatic heterocycles. The molecule has 0 amide bonds. The zero-order valence-corrected chi connectivity index (χ0v) is 16.7. The van der Waals surface area contributed by atoms with E-state index in [0.717, 1.165) is 16.8 Å². The van der Waals surface area contributed by atoms with Crippen LogP contribution in [-0.2, 0) is 10.0 Å². The van der Waals surface area contributed by atoms with Crippen molar-refractivity contribution in [1.29, 1.82) is 0 Å². The third-order valence-electron chi connectivity index (χ3n) is 4.92. The normalized spacial score (nSPS) is 15.2. The fraction of sp³-hybridized carbons (Fsp3) is 0.368. The molecule has 6 N–H and O–H groups in total. The van der Waals surface area contributed by atoms with Gasteiger partial charge < -0.3 is 11.5 Å². The number of nitrogens with zero attached hydrogens (tertiary/aromatic N) is 3. The predicted octanol–water partition coefficient (Wildman–Crippen LogP) is 2.21. The Morgan fingerprint density at radius 2 is 1.86 bits per heavy atom. The Hall–Kier alpha value is -2.49. The minimum Gasteiger partial charge on any atom is -0.381 e. The van der Waals surface area contributed by atoms with Crippen molar-refractivity contribution in [2.24, 2.45) is 10.9 Å². The van der Waals surface area contributed by atoms with Crippen LogP contribution >= 0.6 is 0 Å². The number of aromatic nitrogens is 3. The number of hydrogen-bond acceptors (Lipinski definition) is 6. The first-order valence-corrected chi connectivity index (χ1v) is 10.8. The number of imidazole rings is 1. The van der Waals surface area contributed by atoms with Gasteiger partial charge in [-0.25, -0.2) is 23.5 Å². The van der Waals surface area contributed by atoms with Crippen LogP contribution in [0.5, 0.6) is 0 Å². The van der Waals surface area contributed by atoms with E-state index in [1.807, 2.05) is 6.92 Å². The highest BCUT2D eigenvalue weighted by Gasteiger charge is 2.14. The van der Waals surface area contributed by atoms with Gasteiger partial charge in [0, 0.05) is 24.0 Å². The Morgan fingerprint density at radius 3 is 2.46 bits per heavy atom. The molecule has 0 atom stereocenters. The molecule has 8 nitrogen and oxygen atoms in total. The lowest BCUT2D eigenvalue weighted by molar-refractivity contribution is 0.441. The molecule has 0 spiro atoms. The van der Waals surface area contributed by atoms with E-state index in [9.17, 15) is 8.42 Å². The summed E-state index contributed by atoms with van der Waals surface area (Å²) in [6.07, 6.45) is 11.6. The molecule has 2 aromatic heterocycles. The lowest BCUT2D eigenvalue weighted by atomic mass is 9.97. The third-order valence-corrected chi connectivity index (χ3v) is 5.83. The number of benzene rings is 1. The van der Waals surface area contributed by atoms with Crippen LogP contribution in [-0.4, -0.2) is 28.8 Å². The van der Waals surface area contributed by atoms with Gasteiger partial charge in [0.15, 0.2) is 11.5 Å². The SMILES string of the molecule is Cc1ccc(S(N)(=O)=O)cc1-c1cnc2c(N)nccn12.NC1CCCCC1. The van der Waals surface area contributed by atoms with Gasteiger partial charge in [-0.2, -0.15) is 0 Å². The van der Waals surface area contributed by atoms with Crippen LogP contribution in [0.1, 0.15) is 37.7 Å². The molecule has 150 valence electrons. The van der Waals surface area contributed by atoms with Crippen molar-refractivity contribution in [3.8, 4) is 11.3 Å². The zero-order valence-electron chi connectivity index (χ0n) is 15.9. The van der Waals surface area contributed by atoms with Crippen LogP contribution in [0, 0.1) is 6.92 Å². The highest BCUT2D eigenvalue weighted by Crippen LogP contribution is 2.27. The fourth-order valence-electron chi connectivity index (χ4n) is 3.33. The maximum absolute atomic E-state index is 11.5. The average Bonchev–Trinajstić information content (AvgIpc) is 3.08. The number of nitrogens with two attached hydrogens (primary N) is 3. The first-order valence-electron chi connectivity index (χ1n) is 9.24. The largest absolute Gasteiger partial charge is 0.381 e. The van der Waals surface area contributed by atoms with Crippen molar-refractivity contribution in [1.82, 2.24) is 14.4 Å². The molecule has 2 heterocycles. The summed E-state index contributed by atoms with van der Waals surface area (Å²) in [6, 6.07) is 5.26. The van der Waals surface area contributed by atoms with Crippen molar-refractivity contribution in [2.45, 2.75) is 50.0 Å². The molecule has 0 unspecified atom stereocenters. The third kappa shape index (κ3) is 4.49. The Morgan fingerprint density at radius 1 is 1.14 bits per heavy atom. The molecule has 4 rings (SSSR count). The number of nitrogen functional groups attached to an aromatic ring is 1. The molecule has 1 aliphatic rings. The molecule has 0 bridgehead atoms.